The SMILES string of the molecule is CN1CC(NC[C@H](O)c2ccc(Br)cc2)CCC1=O. The fourth-order valence-corrected chi connectivity index (χ4v) is 2.52. The monoisotopic (exact) mass is 326 g/mol. The van der Waals surface area contributed by atoms with Crippen molar-refractivity contribution in [2.75, 3.05) is 20.1 Å². The molecule has 0 aromatic heterocycles. The molecule has 0 spiro atoms. The third-order valence-electron chi connectivity index (χ3n) is 3.48. The van der Waals surface area contributed by atoms with Crippen LogP contribution in [0, 0.1) is 0 Å². The van der Waals surface area contributed by atoms with E-state index in [0.717, 1.165) is 16.5 Å². The van der Waals surface area contributed by atoms with Crippen LogP contribution in [0.4, 0.5) is 0 Å². The molecule has 2 atom stereocenters. The van der Waals surface area contributed by atoms with E-state index >= 15 is 0 Å². The van der Waals surface area contributed by atoms with Crippen molar-refractivity contribution in [3.63, 3.8) is 0 Å². The molecular formula is C14H19BrN2O2. The summed E-state index contributed by atoms with van der Waals surface area (Å²) in [5.74, 6) is 0.200. The lowest BCUT2D eigenvalue weighted by Gasteiger charge is -2.30. The molecule has 1 saturated heterocycles. The van der Waals surface area contributed by atoms with Gasteiger partial charge in [-0.15, -0.1) is 0 Å². The Hall–Kier alpha value is -0.910. The third-order valence-corrected chi connectivity index (χ3v) is 4.01. The number of hydrogen-bond acceptors (Lipinski definition) is 3. The number of carbonyl (C=O) groups is 1. The first kappa shape index (κ1) is 14.5. The van der Waals surface area contributed by atoms with E-state index in [2.05, 4.69) is 21.2 Å². The zero-order valence-electron chi connectivity index (χ0n) is 11.0. The molecule has 1 amide bonds. The normalized spacial score (nSPS) is 21.5. The fourth-order valence-electron chi connectivity index (χ4n) is 2.26. The number of carbonyl (C=O) groups excluding carboxylic acids is 1. The molecule has 0 radical (unpaired) electrons. The van der Waals surface area contributed by atoms with E-state index in [1.54, 1.807) is 4.90 Å². The molecule has 1 aromatic rings. The molecule has 1 aliphatic rings. The number of aliphatic hydroxyl groups excluding tert-OH is 1. The van der Waals surface area contributed by atoms with Gasteiger partial charge in [-0.25, -0.2) is 0 Å². The molecule has 0 bridgehead atoms. The standard InChI is InChI=1S/C14H19BrN2O2/c1-17-9-12(6-7-14(17)19)16-8-13(18)10-2-4-11(15)5-3-10/h2-5,12-13,16,18H,6-9H2,1H3/t12?,13-/m0/s1. The number of nitrogens with one attached hydrogen (secondary N) is 1. The van der Waals surface area contributed by atoms with Crippen LogP contribution in [0.15, 0.2) is 28.7 Å². The lowest BCUT2D eigenvalue weighted by molar-refractivity contribution is -0.132. The van der Waals surface area contributed by atoms with Gasteiger partial charge < -0.3 is 15.3 Å². The number of rotatable bonds is 4. The first-order valence-electron chi connectivity index (χ1n) is 6.47. The zero-order valence-corrected chi connectivity index (χ0v) is 12.6. The second kappa shape index (κ2) is 6.50. The molecule has 2 rings (SSSR count). The van der Waals surface area contributed by atoms with Crippen LogP contribution in [0.3, 0.4) is 0 Å². The Kier molecular flexibility index (Phi) is 4.96. The summed E-state index contributed by atoms with van der Waals surface area (Å²) in [6.07, 6.45) is 0.912. The van der Waals surface area contributed by atoms with Crippen LogP contribution >= 0.6 is 15.9 Å². The van der Waals surface area contributed by atoms with E-state index in [-0.39, 0.29) is 11.9 Å². The molecule has 1 unspecified atom stereocenters. The lowest BCUT2D eigenvalue weighted by Crippen LogP contribution is -2.47. The minimum absolute atomic E-state index is 0.200. The quantitative estimate of drug-likeness (QED) is 0.885. The summed E-state index contributed by atoms with van der Waals surface area (Å²) in [4.78, 5) is 13.1. The first-order chi connectivity index (χ1) is 9.06. The Morgan fingerprint density at radius 3 is 2.79 bits per heavy atom. The fraction of sp³-hybridized carbons (Fsp3) is 0.500. The first-order valence-corrected chi connectivity index (χ1v) is 7.26. The van der Waals surface area contributed by atoms with Crippen molar-refractivity contribution in [2.45, 2.75) is 25.0 Å². The number of halogens is 1. The number of likely N-dealkylation sites (tertiary alicyclic amines) is 1. The van der Waals surface area contributed by atoms with Gasteiger partial charge in [-0.2, -0.15) is 0 Å². The second-order valence-electron chi connectivity index (χ2n) is 4.99. The van der Waals surface area contributed by atoms with E-state index < -0.39 is 6.10 Å². The van der Waals surface area contributed by atoms with Gasteiger partial charge in [0.15, 0.2) is 0 Å². The van der Waals surface area contributed by atoms with Crippen LogP contribution in [0.5, 0.6) is 0 Å². The lowest BCUT2D eigenvalue weighted by atomic mass is 10.0. The molecule has 4 nitrogen and oxygen atoms in total. The van der Waals surface area contributed by atoms with Crippen LogP contribution < -0.4 is 5.32 Å². The van der Waals surface area contributed by atoms with Crippen LogP contribution in [0.2, 0.25) is 0 Å². The van der Waals surface area contributed by atoms with E-state index in [1.165, 1.54) is 0 Å². The molecule has 1 aliphatic heterocycles. The molecule has 1 fully saturated rings. The summed E-state index contributed by atoms with van der Waals surface area (Å²) < 4.78 is 1.00. The summed E-state index contributed by atoms with van der Waals surface area (Å²) >= 11 is 3.37. The molecule has 0 saturated carbocycles. The topological polar surface area (TPSA) is 52.6 Å². The van der Waals surface area contributed by atoms with Gasteiger partial charge >= 0.3 is 0 Å². The van der Waals surface area contributed by atoms with Crippen molar-refractivity contribution in [1.82, 2.24) is 10.2 Å². The van der Waals surface area contributed by atoms with E-state index in [9.17, 15) is 9.90 Å². The number of likely N-dealkylation sites (N-methyl/N-ethyl adjacent to an activating group) is 1. The predicted molar refractivity (Wildman–Crippen MR) is 77.8 cm³/mol. The number of amides is 1. The van der Waals surface area contributed by atoms with Gasteiger partial charge in [-0.3, -0.25) is 4.79 Å². The molecular weight excluding hydrogens is 308 g/mol. The Labute approximate surface area is 121 Å². The van der Waals surface area contributed by atoms with Crippen LogP contribution in [0.1, 0.15) is 24.5 Å². The highest BCUT2D eigenvalue weighted by Gasteiger charge is 2.22. The van der Waals surface area contributed by atoms with Gasteiger partial charge in [0.25, 0.3) is 0 Å². The summed E-state index contributed by atoms with van der Waals surface area (Å²) in [5.41, 5.74) is 0.899. The Morgan fingerprint density at radius 2 is 2.16 bits per heavy atom. The summed E-state index contributed by atoms with van der Waals surface area (Å²) in [6, 6.07) is 7.93. The van der Waals surface area contributed by atoms with Crippen LogP contribution in [0.25, 0.3) is 0 Å². The number of hydrogen-bond donors (Lipinski definition) is 2. The maximum atomic E-state index is 11.4. The summed E-state index contributed by atoms with van der Waals surface area (Å²) in [7, 11) is 1.82. The predicted octanol–water partition coefficient (Wildman–Crippen LogP) is 1.69. The average Bonchev–Trinajstić information content (AvgIpc) is 2.40. The Bertz CT molecular complexity index is 436. The Balaban J connectivity index is 1.82. The molecule has 1 aromatic carbocycles. The van der Waals surface area contributed by atoms with Gasteiger partial charge in [0.1, 0.15) is 0 Å². The number of benzene rings is 1. The molecule has 5 heteroatoms. The zero-order chi connectivity index (χ0) is 13.8. The van der Waals surface area contributed by atoms with Crippen molar-refractivity contribution >= 4 is 21.8 Å². The largest absolute Gasteiger partial charge is 0.387 e. The van der Waals surface area contributed by atoms with E-state index in [1.807, 2.05) is 31.3 Å². The van der Waals surface area contributed by atoms with Crippen LogP contribution in [-0.4, -0.2) is 42.1 Å². The van der Waals surface area contributed by atoms with Gasteiger partial charge in [-0.1, -0.05) is 28.1 Å². The van der Waals surface area contributed by atoms with Gasteiger partial charge in [0, 0.05) is 37.1 Å². The van der Waals surface area contributed by atoms with Gasteiger partial charge in [-0.05, 0) is 24.1 Å². The van der Waals surface area contributed by atoms with E-state index in [4.69, 9.17) is 0 Å². The highest BCUT2D eigenvalue weighted by molar-refractivity contribution is 9.10. The molecule has 19 heavy (non-hydrogen) atoms. The summed E-state index contributed by atoms with van der Waals surface area (Å²) in [5, 5.41) is 13.4. The number of aliphatic hydroxyl groups is 1. The minimum atomic E-state index is -0.518. The van der Waals surface area contributed by atoms with Gasteiger partial charge in [0.05, 0.1) is 6.10 Å². The highest BCUT2D eigenvalue weighted by atomic mass is 79.9. The maximum Gasteiger partial charge on any atom is 0.222 e. The smallest absolute Gasteiger partial charge is 0.222 e. The van der Waals surface area contributed by atoms with Crippen LogP contribution in [-0.2, 0) is 4.79 Å². The Morgan fingerprint density at radius 1 is 1.47 bits per heavy atom. The van der Waals surface area contributed by atoms with Crippen molar-refractivity contribution in [2.24, 2.45) is 0 Å². The number of piperidine rings is 1. The highest BCUT2D eigenvalue weighted by Crippen LogP contribution is 2.17. The summed E-state index contributed by atoms with van der Waals surface area (Å²) in [6.45, 7) is 1.22. The van der Waals surface area contributed by atoms with E-state index in [0.29, 0.717) is 19.5 Å². The van der Waals surface area contributed by atoms with Gasteiger partial charge in [0.2, 0.25) is 5.91 Å². The third kappa shape index (κ3) is 4.03. The van der Waals surface area contributed by atoms with Crippen molar-refractivity contribution < 1.29 is 9.90 Å². The average molecular weight is 327 g/mol. The molecule has 2 N–H and O–H groups in total. The van der Waals surface area contributed by atoms with Crippen molar-refractivity contribution in [3.05, 3.63) is 34.3 Å². The van der Waals surface area contributed by atoms with Crippen molar-refractivity contribution in [3.8, 4) is 0 Å². The molecule has 1 heterocycles. The maximum absolute atomic E-state index is 11.4. The molecule has 0 aliphatic carbocycles. The minimum Gasteiger partial charge on any atom is -0.387 e. The number of nitrogens with zero attached hydrogens (tertiary/aromatic N) is 1. The molecule has 104 valence electrons. The van der Waals surface area contributed by atoms with Crippen molar-refractivity contribution in [1.29, 1.82) is 0 Å². The second-order valence-corrected chi connectivity index (χ2v) is 5.90.